The first-order chi connectivity index (χ1) is 13.3. The van der Waals surface area contributed by atoms with Gasteiger partial charge in [-0.15, -0.1) is 0 Å². The summed E-state index contributed by atoms with van der Waals surface area (Å²) in [4.78, 5) is 25.4. The van der Waals surface area contributed by atoms with Crippen LogP contribution in [0, 0.1) is 0 Å². The van der Waals surface area contributed by atoms with Crippen molar-refractivity contribution < 1.29 is 0 Å². The molecule has 0 aliphatic rings. The molecule has 1 aromatic heterocycles. The maximum atomic E-state index is 4.23. The Kier molecular flexibility index (Phi) is 13.0. The fraction of sp³-hybridized carbons (Fsp3) is 0.667. The van der Waals surface area contributed by atoms with Crippen molar-refractivity contribution in [2.75, 3.05) is 19.6 Å². The first-order valence-electron chi connectivity index (χ1n) is 9.84. The Bertz CT molecular complexity index is 491. The second kappa shape index (κ2) is 15.7. The van der Waals surface area contributed by atoms with Crippen molar-refractivity contribution in [1.82, 2.24) is 30.9 Å². The van der Waals surface area contributed by atoms with E-state index in [1.54, 1.807) is 19.0 Å². The standard InChI is InChI=1S/C18H33N9/c1-4-7-10-19-13-22-16-25-17(23-14-20-11-8-5-2)27-18(26-16)24-15-21-12-9-6-3/h13-15H,4-12H2,1-3H3,(H3,19,20,21,22,23,24,25,26,27). The normalized spacial score (nSPS) is 11.7. The number of unbranched alkanes of at least 4 members (excludes halogenated alkanes) is 3. The van der Waals surface area contributed by atoms with Crippen LogP contribution in [-0.2, 0) is 0 Å². The lowest BCUT2D eigenvalue weighted by molar-refractivity contribution is 0.760. The predicted molar refractivity (Wildman–Crippen MR) is 113 cm³/mol. The van der Waals surface area contributed by atoms with Gasteiger partial charge in [-0.2, -0.15) is 15.0 Å². The van der Waals surface area contributed by atoms with Gasteiger partial charge in [0.2, 0.25) is 0 Å². The summed E-state index contributed by atoms with van der Waals surface area (Å²) < 4.78 is 0. The van der Waals surface area contributed by atoms with Crippen LogP contribution < -0.4 is 16.0 Å². The molecule has 150 valence electrons. The summed E-state index contributed by atoms with van der Waals surface area (Å²) in [6, 6.07) is 0. The van der Waals surface area contributed by atoms with Crippen molar-refractivity contribution in [2.45, 2.75) is 59.3 Å². The first-order valence-corrected chi connectivity index (χ1v) is 9.84. The Balaban J connectivity index is 2.77. The summed E-state index contributed by atoms with van der Waals surface area (Å²) in [5.41, 5.74) is 0. The molecule has 0 aliphatic carbocycles. The van der Waals surface area contributed by atoms with Crippen LogP contribution in [-0.4, -0.2) is 53.6 Å². The van der Waals surface area contributed by atoms with E-state index in [1.807, 2.05) is 0 Å². The minimum atomic E-state index is 0.274. The number of aliphatic imine (C=N–C) groups is 3. The van der Waals surface area contributed by atoms with Gasteiger partial charge in [-0.3, -0.25) is 0 Å². The third-order valence-electron chi connectivity index (χ3n) is 3.44. The minimum absolute atomic E-state index is 0.274. The Labute approximate surface area is 162 Å². The molecule has 0 bridgehead atoms. The summed E-state index contributed by atoms with van der Waals surface area (Å²) >= 11 is 0. The molecular formula is C18H33N9. The average molecular weight is 376 g/mol. The molecule has 0 fully saturated rings. The van der Waals surface area contributed by atoms with Crippen molar-refractivity contribution in [1.29, 1.82) is 0 Å². The second-order valence-corrected chi connectivity index (χ2v) is 5.93. The highest BCUT2D eigenvalue weighted by molar-refractivity contribution is 5.62. The summed E-state index contributed by atoms with van der Waals surface area (Å²) in [6.45, 7) is 9.02. The van der Waals surface area contributed by atoms with E-state index in [0.29, 0.717) is 0 Å². The van der Waals surface area contributed by atoms with Crippen LogP contribution in [0.25, 0.3) is 0 Å². The van der Waals surface area contributed by atoms with Crippen LogP contribution >= 0.6 is 0 Å². The number of aromatic nitrogens is 3. The fourth-order valence-electron chi connectivity index (χ4n) is 1.86. The van der Waals surface area contributed by atoms with E-state index < -0.39 is 0 Å². The molecule has 0 unspecified atom stereocenters. The van der Waals surface area contributed by atoms with Crippen molar-refractivity contribution in [2.24, 2.45) is 15.0 Å². The lowest BCUT2D eigenvalue weighted by atomic mass is 10.3. The zero-order valence-electron chi connectivity index (χ0n) is 16.8. The van der Waals surface area contributed by atoms with Gasteiger partial charge >= 0.3 is 0 Å². The molecule has 0 amide bonds. The third-order valence-corrected chi connectivity index (χ3v) is 3.44. The van der Waals surface area contributed by atoms with E-state index >= 15 is 0 Å². The molecular weight excluding hydrogens is 342 g/mol. The summed E-state index contributed by atoms with van der Waals surface area (Å²) in [5.74, 6) is 0.821. The van der Waals surface area contributed by atoms with Crippen LogP contribution in [0.2, 0.25) is 0 Å². The van der Waals surface area contributed by atoms with Crippen molar-refractivity contribution in [3.8, 4) is 0 Å². The molecule has 0 saturated heterocycles. The monoisotopic (exact) mass is 375 g/mol. The molecule has 0 radical (unpaired) electrons. The van der Waals surface area contributed by atoms with E-state index in [4.69, 9.17) is 0 Å². The van der Waals surface area contributed by atoms with E-state index in [1.165, 1.54) is 0 Å². The van der Waals surface area contributed by atoms with Gasteiger partial charge < -0.3 is 16.0 Å². The maximum absolute atomic E-state index is 4.23. The molecule has 1 heterocycles. The topological polar surface area (TPSA) is 112 Å². The molecule has 27 heavy (non-hydrogen) atoms. The number of hydrogen-bond donors (Lipinski definition) is 3. The van der Waals surface area contributed by atoms with Gasteiger partial charge in [-0.1, -0.05) is 40.0 Å². The molecule has 0 aromatic carbocycles. The quantitative estimate of drug-likeness (QED) is 0.247. The predicted octanol–water partition coefficient (Wildman–Crippen LogP) is 3.02. The van der Waals surface area contributed by atoms with Crippen molar-refractivity contribution in [3.05, 3.63) is 0 Å². The van der Waals surface area contributed by atoms with Crippen LogP contribution in [0.15, 0.2) is 15.0 Å². The molecule has 9 heteroatoms. The Morgan fingerprint density at radius 1 is 0.593 bits per heavy atom. The van der Waals surface area contributed by atoms with Gasteiger partial charge in [-0.05, 0) is 19.3 Å². The van der Waals surface area contributed by atoms with Crippen LogP contribution in [0.5, 0.6) is 0 Å². The van der Waals surface area contributed by atoms with Gasteiger partial charge in [0, 0.05) is 19.6 Å². The highest BCUT2D eigenvalue weighted by Crippen LogP contribution is 2.14. The van der Waals surface area contributed by atoms with Crippen molar-refractivity contribution in [3.63, 3.8) is 0 Å². The van der Waals surface area contributed by atoms with Crippen LogP contribution in [0.4, 0.5) is 17.8 Å². The minimum Gasteiger partial charge on any atom is -0.376 e. The molecule has 0 spiro atoms. The zero-order valence-corrected chi connectivity index (χ0v) is 16.8. The number of nitrogens with one attached hydrogen (secondary N) is 3. The zero-order chi connectivity index (χ0) is 19.6. The Morgan fingerprint density at radius 2 is 0.889 bits per heavy atom. The van der Waals surface area contributed by atoms with Gasteiger partial charge in [-0.25, -0.2) is 15.0 Å². The second-order valence-electron chi connectivity index (χ2n) is 5.93. The number of hydrogen-bond acceptors (Lipinski definition) is 6. The molecule has 9 nitrogen and oxygen atoms in total. The molecule has 0 aliphatic heterocycles. The number of nitrogens with zero attached hydrogens (tertiary/aromatic N) is 6. The lowest BCUT2D eigenvalue weighted by Crippen LogP contribution is -2.12. The van der Waals surface area contributed by atoms with Crippen LogP contribution in [0.1, 0.15) is 59.3 Å². The highest BCUT2D eigenvalue weighted by Gasteiger charge is 2.03. The molecule has 0 saturated carbocycles. The third kappa shape index (κ3) is 11.6. The average Bonchev–Trinajstić information content (AvgIpc) is 2.67. The van der Waals surface area contributed by atoms with Gasteiger partial charge in [0.1, 0.15) is 0 Å². The Morgan fingerprint density at radius 3 is 1.15 bits per heavy atom. The lowest BCUT2D eigenvalue weighted by Gasteiger charge is -2.00. The first kappa shape index (κ1) is 22.5. The molecule has 0 atom stereocenters. The van der Waals surface area contributed by atoms with E-state index in [9.17, 15) is 0 Å². The number of rotatable bonds is 15. The van der Waals surface area contributed by atoms with E-state index in [0.717, 1.165) is 58.2 Å². The fourth-order valence-corrected chi connectivity index (χ4v) is 1.86. The van der Waals surface area contributed by atoms with Crippen molar-refractivity contribution >= 4 is 36.9 Å². The largest absolute Gasteiger partial charge is 0.376 e. The summed E-state index contributed by atoms with van der Waals surface area (Å²) in [5, 5.41) is 9.34. The smallest absolute Gasteiger partial charge is 0.257 e. The SMILES string of the molecule is CCCCNC=Nc1nc(N=CNCCCC)nc(N=CNCCCC)n1. The molecule has 3 N–H and O–H groups in total. The summed E-state index contributed by atoms with van der Waals surface area (Å²) in [6.07, 6.45) is 11.4. The highest BCUT2D eigenvalue weighted by atomic mass is 15.2. The molecule has 1 rings (SSSR count). The van der Waals surface area contributed by atoms with E-state index in [-0.39, 0.29) is 17.8 Å². The van der Waals surface area contributed by atoms with Crippen LogP contribution in [0.3, 0.4) is 0 Å². The van der Waals surface area contributed by atoms with Gasteiger partial charge in [0.05, 0.1) is 19.0 Å². The Hall–Kier alpha value is -2.58. The van der Waals surface area contributed by atoms with Gasteiger partial charge in [0.15, 0.2) is 0 Å². The van der Waals surface area contributed by atoms with E-state index in [2.05, 4.69) is 66.7 Å². The molecule has 1 aromatic rings. The van der Waals surface area contributed by atoms with Gasteiger partial charge in [0.25, 0.3) is 17.8 Å². The summed E-state index contributed by atoms with van der Waals surface area (Å²) in [7, 11) is 0. The maximum Gasteiger partial charge on any atom is 0.257 e.